The second-order valence-electron chi connectivity index (χ2n) is 10.4. The van der Waals surface area contributed by atoms with Crippen molar-refractivity contribution in [1.29, 1.82) is 0 Å². The highest BCUT2D eigenvalue weighted by Crippen LogP contribution is 2.28. The first-order chi connectivity index (χ1) is 20.5. The van der Waals surface area contributed by atoms with E-state index in [1.54, 1.807) is 12.1 Å². The van der Waals surface area contributed by atoms with Crippen molar-refractivity contribution in [2.75, 3.05) is 6.61 Å². The molecule has 42 heavy (non-hydrogen) atoms. The van der Waals surface area contributed by atoms with Crippen LogP contribution in [0.15, 0.2) is 121 Å². The highest BCUT2D eigenvalue weighted by atomic mass is 32.2. The van der Waals surface area contributed by atoms with Gasteiger partial charge in [-0.3, -0.25) is 0 Å². The summed E-state index contributed by atoms with van der Waals surface area (Å²) in [6.07, 6.45) is -2.02. The Labute approximate surface area is 248 Å². The number of benzene rings is 4. The smallest absolute Gasteiger partial charge is 0.217 e. The topological polar surface area (TPSA) is 83.1 Å². The molecule has 4 atom stereocenters. The molecule has 0 radical (unpaired) electrons. The van der Waals surface area contributed by atoms with Gasteiger partial charge in [0, 0.05) is 6.42 Å². The summed E-state index contributed by atoms with van der Waals surface area (Å²) in [7, 11) is -3.70. The van der Waals surface area contributed by atoms with Crippen LogP contribution < -0.4 is 4.72 Å². The van der Waals surface area contributed by atoms with Gasteiger partial charge in [-0.2, -0.15) is 4.72 Å². The van der Waals surface area contributed by atoms with E-state index in [0.29, 0.717) is 25.4 Å². The number of hydrogen-bond donors (Lipinski definition) is 1. The monoisotopic (exact) mass is 587 g/mol. The van der Waals surface area contributed by atoms with Gasteiger partial charge in [0.1, 0.15) is 18.4 Å². The molecule has 0 spiro atoms. The SMILES string of the molecule is O=S(=O)(Cc1ccccc1)N[C@H]1C[C@@H](OCc2ccccc2)[C@H](OCc2ccccc2)[C@@H](COCc2ccccc2)O1. The predicted molar refractivity (Wildman–Crippen MR) is 162 cm³/mol. The van der Waals surface area contributed by atoms with Crippen molar-refractivity contribution < 1.29 is 27.4 Å². The minimum atomic E-state index is -3.70. The first-order valence-corrected chi connectivity index (χ1v) is 15.8. The van der Waals surface area contributed by atoms with Gasteiger partial charge in [0.15, 0.2) is 0 Å². The largest absolute Gasteiger partial charge is 0.374 e. The van der Waals surface area contributed by atoms with Crippen molar-refractivity contribution in [2.45, 2.75) is 56.5 Å². The fourth-order valence-electron chi connectivity index (χ4n) is 4.96. The van der Waals surface area contributed by atoms with Crippen molar-refractivity contribution in [3.05, 3.63) is 144 Å². The van der Waals surface area contributed by atoms with Crippen molar-refractivity contribution in [2.24, 2.45) is 0 Å². The van der Waals surface area contributed by atoms with Gasteiger partial charge in [-0.25, -0.2) is 8.42 Å². The van der Waals surface area contributed by atoms with Gasteiger partial charge in [-0.15, -0.1) is 0 Å². The number of ether oxygens (including phenoxy) is 4. The van der Waals surface area contributed by atoms with E-state index in [2.05, 4.69) is 4.72 Å². The van der Waals surface area contributed by atoms with Gasteiger partial charge < -0.3 is 18.9 Å². The first kappa shape index (κ1) is 30.1. The van der Waals surface area contributed by atoms with Gasteiger partial charge in [0.05, 0.1) is 38.3 Å². The van der Waals surface area contributed by atoms with E-state index >= 15 is 0 Å². The molecule has 0 saturated carbocycles. The maximum Gasteiger partial charge on any atom is 0.217 e. The summed E-state index contributed by atoms with van der Waals surface area (Å²) in [4.78, 5) is 0. The molecule has 1 fully saturated rings. The molecule has 7 nitrogen and oxygen atoms in total. The van der Waals surface area contributed by atoms with Gasteiger partial charge in [-0.05, 0) is 22.3 Å². The summed E-state index contributed by atoms with van der Waals surface area (Å²) in [6, 6.07) is 38.8. The molecule has 8 heteroatoms. The molecule has 0 unspecified atom stereocenters. The fourth-order valence-corrected chi connectivity index (χ4v) is 6.23. The third-order valence-electron chi connectivity index (χ3n) is 7.01. The highest BCUT2D eigenvalue weighted by molar-refractivity contribution is 7.88. The van der Waals surface area contributed by atoms with Crippen LogP contribution in [-0.4, -0.2) is 39.6 Å². The number of sulfonamides is 1. The highest BCUT2D eigenvalue weighted by Gasteiger charge is 2.42. The molecular weight excluding hydrogens is 550 g/mol. The lowest BCUT2D eigenvalue weighted by atomic mass is 10.00. The Bertz CT molecular complexity index is 1440. The van der Waals surface area contributed by atoms with Crippen molar-refractivity contribution in [1.82, 2.24) is 4.72 Å². The molecule has 4 aromatic rings. The standard InChI is InChI=1S/C34H37NO6S/c36-42(37,26-30-19-11-4-12-20-30)35-33-21-31(39-23-28-15-7-2-8-16-28)34(40-24-29-17-9-3-10-18-29)32(41-33)25-38-22-27-13-5-1-6-14-27/h1-20,31-35H,21-26H2/t31-,32-,33-,34+/m1/s1. The average Bonchev–Trinajstić information content (AvgIpc) is 3.01. The Balaban J connectivity index is 1.34. The van der Waals surface area contributed by atoms with Crippen LogP contribution in [-0.2, 0) is 54.5 Å². The number of rotatable bonds is 14. The Morgan fingerprint density at radius 3 is 1.67 bits per heavy atom. The molecule has 0 aliphatic carbocycles. The third-order valence-corrected chi connectivity index (χ3v) is 8.35. The van der Waals surface area contributed by atoms with E-state index in [0.717, 1.165) is 16.7 Å². The molecule has 4 aromatic carbocycles. The zero-order chi connectivity index (χ0) is 29.0. The van der Waals surface area contributed by atoms with E-state index in [1.165, 1.54) is 0 Å². The molecule has 1 aliphatic heterocycles. The van der Waals surface area contributed by atoms with E-state index in [-0.39, 0.29) is 18.8 Å². The Kier molecular flexibility index (Phi) is 10.9. The van der Waals surface area contributed by atoms with Gasteiger partial charge in [-0.1, -0.05) is 121 Å². The maximum absolute atomic E-state index is 13.2. The van der Waals surface area contributed by atoms with Crippen molar-refractivity contribution >= 4 is 10.0 Å². The summed E-state index contributed by atoms with van der Waals surface area (Å²) < 4.78 is 54.4. The van der Waals surface area contributed by atoms with Crippen LogP contribution in [0.2, 0.25) is 0 Å². The quantitative estimate of drug-likeness (QED) is 0.207. The number of hydrogen-bond acceptors (Lipinski definition) is 6. The zero-order valence-electron chi connectivity index (χ0n) is 23.5. The normalized spacial score (nSPS) is 20.8. The zero-order valence-corrected chi connectivity index (χ0v) is 24.3. The van der Waals surface area contributed by atoms with Gasteiger partial charge in [0.25, 0.3) is 0 Å². The van der Waals surface area contributed by atoms with Crippen LogP contribution >= 0.6 is 0 Å². The Morgan fingerprint density at radius 2 is 1.12 bits per heavy atom. The summed E-state index contributed by atoms with van der Waals surface area (Å²) in [6.45, 7) is 1.32. The summed E-state index contributed by atoms with van der Waals surface area (Å²) in [5, 5.41) is 0. The molecule has 1 saturated heterocycles. The molecule has 220 valence electrons. The van der Waals surface area contributed by atoms with Crippen LogP contribution in [0.3, 0.4) is 0 Å². The Hall–Kier alpha value is -3.37. The lowest BCUT2D eigenvalue weighted by molar-refractivity contribution is -0.222. The lowest BCUT2D eigenvalue weighted by Crippen LogP contribution is -2.56. The van der Waals surface area contributed by atoms with Crippen LogP contribution in [0.4, 0.5) is 0 Å². The molecule has 1 N–H and O–H groups in total. The maximum atomic E-state index is 13.2. The molecule has 0 aromatic heterocycles. The average molecular weight is 588 g/mol. The number of nitrogens with one attached hydrogen (secondary N) is 1. The summed E-state index contributed by atoms with van der Waals surface area (Å²) in [5.41, 5.74) is 3.77. The Morgan fingerprint density at radius 1 is 0.643 bits per heavy atom. The van der Waals surface area contributed by atoms with Crippen molar-refractivity contribution in [3.8, 4) is 0 Å². The second-order valence-corrected chi connectivity index (χ2v) is 12.1. The van der Waals surface area contributed by atoms with E-state index in [4.69, 9.17) is 18.9 Å². The van der Waals surface area contributed by atoms with Crippen LogP contribution in [0, 0.1) is 0 Å². The minimum Gasteiger partial charge on any atom is -0.374 e. The van der Waals surface area contributed by atoms with Crippen molar-refractivity contribution in [3.63, 3.8) is 0 Å². The van der Waals surface area contributed by atoms with Gasteiger partial charge in [0.2, 0.25) is 10.0 Å². The second kappa shape index (κ2) is 15.2. The molecule has 0 amide bonds. The molecule has 5 rings (SSSR count). The molecule has 0 bridgehead atoms. The fraction of sp³-hybridized carbons (Fsp3) is 0.294. The third kappa shape index (κ3) is 9.32. The van der Waals surface area contributed by atoms with Crippen LogP contribution in [0.25, 0.3) is 0 Å². The molecular formula is C34H37NO6S. The molecule has 1 aliphatic rings. The van der Waals surface area contributed by atoms with Crippen LogP contribution in [0.1, 0.15) is 28.7 Å². The summed E-state index contributed by atoms with van der Waals surface area (Å²) in [5.74, 6) is -0.146. The van der Waals surface area contributed by atoms with Crippen LogP contribution in [0.5, 0.6) is 0 Å². The van der Waals surface area contributed by atoms with E-state index in [9.17, 15) is 8.42 Å². The molecule has 1 heterocycles. The lowest BCUT2D eigenvalue weighted by Gasteiger charge is -2.41. The predicted octanol–water partition coefficient (Wildman–Crippen LogP) is 5.61. The summed E-state index contributed by atoms with van der Waals surface area (Å²) >= 11 is 0. The first-order valence-electron chi connectivity index (χ1n) is 14.2. The van der Waals surface area contributed by atoms with E-state index in [1.807, 2.05) is 109 Å². The van der Waals surface area contributed by atoms with E-state index < -0.39 is 34.6 Å². The van der Waals surface area contributed by atoms with Gasteiger partial charge >= 0.3 is 0 Å². The minimum absolute atomic E-state index is 0.146.